The minimum absolute atomic E-state index is 0.0220. The van der Waals surface area contributed by atoms with Crippen LogP contribution in [0.1, 0.15) is 38.2 Å². The van der Waals surface area contributed by atoms with E-state index in [1.807, 2.05) is 19.0 Å². The zero-order valence-electron chi connectivity index (χ0n) is 24.2. The summed E-state index contributed by atoms with van der Waals surface area (Å²) < 4.78 is 19.0. The molecule has 2 aliphatic rings. The number of nitrogens with zero attached hydrogens (tertiary/aromatic N) is 4. The van der Waals surface area contributed by atoms with Crippen LogP contribution in [0.25, 0.3) is 0 Å². The van der Waals surface area contributed by atoms with Gasteiger partial charge in [-0.2, -0.15) is 4.98 Å². The van der Waals surface area contributed by atoms with E-state index in [9.17, 15) is 14.0 Å². The van der Waals surface area contributed by atoms with Crippen molar-refractivity contribution in [3.63, 3.8) is 0 Å². The number of carbonyl (C=O) groups excluding carboxylic acids is 2. The standard InChI is InChI=1S/C30H38FN7O3/c1-19(38(4)27(39)7-6-14-37(2)3)29(40)34-24-15-20(16-24)8-9-21-18-32-30(36-28(21)33-22-10-11-22)35-23-12-13-26(41-5)25(31)17-23/h6-7,12-13,17-20,22,24H,10-11,14-16H2,1-5H3,(H,34,40)(H2,32,33,35,36)/b7-6+/t19-,20-,24-/m0/s1. The second kappa shape index (κ2) is 13.5. The Morgan fingerprint density at radius 2 is 1.98 bits per heavy atom. The number of amides is 2. The lowest BCUT2D eigenvalue weighted by atomic mass is 9.80. The van der Waals surface area contributed by atoms with E-state index in [1.54, 1.807) is 38.4 Å². The molecular weight excluding hydrogens is 525 g/mol. The number of hydrogen-bond donors (Lipinski definition) is 3. The Bertz CT molecular complexity index is 1340. The molecule has 0 bridgehead atoms. The molecule has 10 nitrogen and oxygen atoms in total. The van der Waals surface area contributed by atoms with Gasteiger partial charge in [-0.15, -0.1) is 0 Å². The highest BCUT2D eigenvalue weighted by molar-refractivity contribution is 5.92. The van der Waals surface area contributed by atoms with Crippen LogP contribution in [0.3, 0.4) is 0 Å². The number of aromatic nitrogens is 2. The molecule has 218 valence electrons. The number of likely N-dealkylation sites (N-methyl/N-ethyl adjacent to an activating group) is 2. The predicted molar refractivity (Wildman–Crippen MR) is 156 cm³/mol. The van der Waals surface area contributed by atoms with Crippen LogP contribution in [-0.4, -0.2) is 84.5 Å². The van der Waals surface area contributed by atoms with Crippen LogP contribution in [0, 0.1) is 23.6 Å². The van der Waals surface area contributed by atoms with Gasteiger partial charge in [-0.25, -0.2) is 9.37 Å². The van der Waals surface area contributed by atoms with Crippen molar-refractivity contribution in [1.29, 1.82) is 0 Å². The SMILES string of the molecule is COc1ccc(Nc2ncc(C#C[C@H]3C[C@H](NC(=O)[C@H](C)N(C)C(=O)/C=C/CN(C)C)C3)c(NC3CC3)n2)cc1F. The molecule has 11 heteroatoms. The summed E-state index contributed by atoms with van der Waals surface area (Å²) in [6, 6.07) is 4.36. The van der Waals surface area contributed by atoms with Gasteiger partial charge >= 0.3 is 0 Å². The number of hydrogen-bond acceptors (Lipinski definition) is 8. The van der Waals surface area contributed by atoms with Crippen molar-refractivity contribution in [2.45, 2.75) is 50.7 Å². The van der Waals surface area contributed by atoms with Crippen LogP contribution >= 0.6 is 0 Å². The van der Waals surface area contributed by atoms with E-state index in [0.29, 0.717) is 35.6 Å². The Hall–Kier alpha value is -4.17. The van der Waals surface area contributed by atoms with Crippen LogP contribution < -0.4 is 20.7 Å². The monoisotopic (exact) mass is 563 g/mol. The molecule has 2 fully saturated rings. The van der Waals surface area contributed by atoms with Gasteiger partial charge < -0.3 is 30.5 Å². The quantitative estimate of drug-likeness (QED) is 0.283. The fourth-order valence-electron chi connectivity index (χ4n) is 4.14. The van der Waals surface area contributed by atoms with Gasteiger partial charge in [0, 0.05) is 49.4 Å². The molecule has 2 amide bonds. The molecule has 0 aliphatic heterocycles. The summed E-state index contributed by atoms with van der Waals surface area (Å²) in [6.45, 7) is 2.38. The Kier molecular flexibility index (Phi) is 9.78. The fourth-order valence-corrected chi connectivity index (χ4v) is 4.14. The molecule has 3 N–H and O–H groups in total. The average Bonchev–Trinajstić information content (AvgIpc) is 3.73. The van der Waals surface area contributed by atoms with E-state index in [-0.39, 0.29) is 29.5 Å². The molecule has 2 aromatic rings. The molecule has 0 saturated heterocycles. The number of anilines is 3. The third-order valence-corrected chi connectivity index (χ3v) is 7.05. The molecule has 0 spiro atoms. The van der Waals surface area contributed by atoms with E-state index in [4.69, 9.17) is 4.74 Å². The summed E-state index contributed by atoms with van der Waals surface area (Å²) in [5.74, 6) is 6.89. The van der Waals surface area contributed by atoms with Crippen molar-refractivity contribution in [2.24, 2.45) is 5.92 Å². The molecule has 0 unspecified atom stereocenters. The first-order valence-electron chi connectivity index (χ1n) is 13.8. The number of benzene rings is 1. The fraction of sp³-hybridized carbons (Fsp3) is 0.467. The van der Waals surface area contributed by atoms with E-state index in [0.717, 1.165) is 25.7 Å². The molecule has 1 heterocycles. The van der Waals surface area contributed by atoms with Gasteiger partial charge in [0.2, 0.25) is 17.8 Å². The maximum atomic E-state index is 14.1. The van der Waals surface area contributed by atoms with Gasteiger partial charge in [0.25, 0.3) is 0 Å². The molecular formula is C30H38FN7O3. The van der Waals surface area contributed by atoms with Gasteiger partial charge in [0.05, 0.1) is 18.9 Å². The number of halogens is 1. The highest BCUT2D eigenvalue weighted by atomic mass is 19.1. The van der Waals surface area contributed by atoms with Crippen molar-refractivity contribution in [1.82, 2.24) is 25.1 Å². The minimum Gasteiger partial charge on any atom is -0.494 e. The zero-order chi connectivity index (χ0) is 29.5. The van der Waals surface area contributed by atoms with Gasteiger partial charge in [0.15, 0.2) is 11.6 Å². The lowest BCUT2D eigenvalue weighted by Crippen LogP contribution is -2.51. The first-order valence-corrected chi connectivity index (χ1v) is 13.8. The van der Waals surface area contributed by atoms with E-state index < -0.39 is 11.9 Å². The maximum absolute atomic E-state index is 14.1. The van der Waals surface area contributed by atoms with Crippen LogP contribution in [-0.2, 0) is 9.59 Å². The van der Waals surface area contributed by atoms with E-state index in [1.165, 1.54) is 24.2 Å². The predicted octanol–water partition coefficient (Wildman–Crippen LogP) is 3.15. The lowest BCUT2D eigenvalue weighted by molar-refractivity contribution is -0.135. The van der Waals surface area contributed by atoms with Crippen LogP contribution in [0.4, 0.5) is 21.8 Å². The summed E-state index contributed by atoms with van der Waals surface area (Å²) in [6.07, 6.45) is 8.55. The van der Waals surface area contributed by atoms with Crippen molar-refractivity contribution in [2.75, 3.05) is 45.4 Å². The van der Waals surface area contributed by atoms with Gasteiger partial charge in [-0.05, 0) is 58.8 Å². The van der Waals surface area contributed by atoms with E-state index >= 15 is 0 Å². The van der Waals surface area contributed by atoms with Crippen molar-refractivity contribution < 1.29 is 18.7 Å². The molecule has 2 aliphatic carbocycles. The highest BCUT2D eigenvalue weighted by Crippen LogP contribution is 2.29. The molecule has 41 heavy (non-hydrogen) atoms. The molecule has 1 aromatic heterocycles. The second-order valence-electron chi connectivity index (χ2n) is 10.8. The zero-order valence-corrected chi connectivity index (χ0v) is 24.2. The Labute approximate surface area is 240 Å². The summed E-state index contributed by atoms with van der Waals surface area (Å²) in [5, 5.41) is 9.46. The molecule has 1 aromatic carbocycles. The number of nitrogens with one attached hydrogen (secondary N) is 3. The summed E-state index contributed by atoms with van der Waals surface area (Å²) in [5.41, 5.74) is 1.19. The average molecular weight is 564 g/mol. The van der Waals surface area contributed by atoms with Crippen molar-refractivity contribution >= 4 is 29.3 Å². The van der Waals surface area contributed by atoms with Crippen molar-refractivity contribution in [3.8, 4) is 17.6 Å². The van der Waals surface area contributed by atoms with Crippen LogP contribution in [0.5, 0.6) is 5.75 Å². The molecule has 1 atom stereocenters. The first kappa shape index (κ1) is 29.8. The largest absolute Gasteiger partial charge is 0.494 e. The summed E-state index contributed by atoms with van der Waals surface area (Å²) in [7, 11) is 6.89. The highest BCUT2D eigenvalue weighted by Gasteiger charge is 2.31. The van der Waals surface area contributed by atoms with Gasteiger partial charge in [-0.3, -0.25) is 9.59 Å². The summed E-state index contributed by atoms with van der Waals surface area (Å²) >= 11 is 0. The van der Waals surface area contributed by atoms with Gasteiger partial charge in [0.1, 0.15) is 11.9 Å². The molecule has 4 rings (SSSR count). The maximum Gasteiger partial charge on any atom is 0.246 e. The van der Waals surface area contributed by atoms with Gasteiger partial charge in [-0.1, -0.05) is 17.9 Å². The topological polar surface area (TPSA) is 112 Å². The smallest absolute Gasteiger partial charge is 0.246 e. The normalized spacial score (nSPS) is 18.6. The number of rotatable bonds is 11. The minimum atomic E-state index is -0.577. The third kappa shape index (κ3) is 8.41. The third-order valence-electron chi connectivity index (χ3n) is 7.05. The van der Waals surface area contributed by atoms with E-state index in [2.05, 4.69) is 37.8 Å². The first-order chi connectivity index (χ1) is 19.6. The second-order valence-corrected chi connectivity index (χ2v) is 10.8. The Balaban J connectivity index is 1.31. The Morgan fingerprint density at radius 3 is 2.63 bits per heavy atom. The number of ether oxygens (including phenoxy) is 1. The van der Waals surface area contributed by atoms with Crippen LogP contribution in [0.15, 0.2) is 36.5 Å². The summed E-state index contributed by atoms with van der Waals surface area (Å²) in [4.78, 5) is 37.4. The number of carbonyl (C=O) groups is 2. The molecule has 2 saturated carbocycles. The lowest BCUT2D eigenvalue weighted by Gasteiger charge is -2.34. The Morgan fingerprint density at radius 1 is 1.22 bits per heavy atom. The van der Waals surface area contributed by atoms with Crippen LogP contribution in [0.2, 0.25) is 0 Å². The van der Waals surface area contributed by atoms with Crippen molar-refractivity contribution in [3.05, 3.63) is 47.9 Å². The number of methoxy groups -OCH3 is 1. The molecule has 0 radical (unpaired) electrons.